The van der Waals surface area contributed by atoms with E-state index in [1.807, 2.05) is 32.2 Å². The van der Waals surface area contributed by atoms with Gasteiger partial charge in [-0.3, -0.25) is 0 Å². The van der Waals surface area contributed by atoms with Crippen molar-refractivity contribution in [3.8, 4) is 0 Å². The van der Waals surface area contributed by atoms with E-state index in [1.165, 1.54) is 0 Å². The van der Waals surface area contributed by atoms with Gasteiger partial charge in [0.25, 0.3) is 0 Å². The third kappa shape index (κ3) is 3.34. The summed E-state index contributed by atoms with van der Waals surface area (Å²) in [5.74, 6) is 1.68. The molecule has 0 aromatic carbocycles. The van der Waals surface area contributed by atoms with Gasteiger partial charge >= 0.3 is 0 Å². The van der Waals surface area contributed by atoms with Gasteiger partial charge in [-0.2, -0.15) is 0 Å². The first kappa shape index (κ1) is 16.6. The Morgan fingerprint density at radius 3 is 2.91 bits per heavy atom. The molecule has 0 spiro atoms. The minimum Gasteiger partial charge on any atom is -0.355 e. The van der Waals surface area contributed by atoms with Crippen LogP contribution in [0.1, 0.15) is 33.0 Å². The molecule has 2 aromatic heterocycles. The summed E-state index contributed by atoms with van der Waals surface area (Å²) in [6.07, 6.45) is 1.39. The average molecular weight is 355 g/mol. The molecule has 8 heteroatoms. The number of nitrogens with zero attached hydrogens (tertiary/aromatic N) is 3. The lowest BCUT2D eigenvalue weighted by molar-refractivity contribution is 0.557. The molecule has 1 fully saturated rings. The second-order valence-corrected chi connectivity index (χ2v) is 9.02. The Bertz CT molecular complexity index is 801. The van der Waals surface area contributed by atoms with Crippen LogP contribution in [0, 0.1) is 0 Å². The predicted molar refractivity (Wildman–Crippen MR) is 94.6 cm³/mol. The van der Waals surface area contributed by atoms with Crippen LogP contribution in [0.5, 0.6) is 0 Å². The first-order valence-electron chi connectivity index (χ1n) is 7.91. The quantitative estimate of drug-likeness (QED) is 0.890. The maximum absolute atomic E-state index is 12.4. The zero-order chi connectivity index (χ0) is 16.6. The Balaban J connectivity index is 1.88. The summed E-state index contributed by atoms with van der Waals surface area (Å²) in [7, 11) is -3.29. The summed E-state index contributed by atoms with van der Waals surface area (Å²) in [6, 6.07) is 1.94. The van der Waals surface area contributed by atoms with E-state index in [-0.39, 0.29) is 6.04 Å². The van der Waals surface area contributed by atoms with Crippen molar-refractivity contribution in [2.75, 3.05) is 18.0 Å². The Hall–Kier alpha value is -1.25. The van der Waals surface area contributed by atoms with E-state index in [0.29, 0.717) is 19.5 Å². The van der Waals surface area contributed by atoms with Crippen molar-refractivity contribution in [2.45, 2.75) is 44.9 Å². The monoisotopic (exact) mass is 354 g/mol. The van der Waals surface area contributed by atoms with E-state index in [0.717, 1.165) is 28.3 Å². The van der Waals surface area contributed by atoms with Gasteiger partial charge in [-0.05, 0) is 31.7 Å². The largest absolute Gasteiger partial charge is 0.355 e. The van der Waals surface area contributed by atoms with E-state index in [4.69, 9.17) is 0 Å². The highest BCUT2D eigenvalue weighted by molar-refractivity contribution is 7.90. The third-order valence-corrected chi connectivity index (χ3v) is 6.82. The normalized spacial score (nSPS) is 19.1. The maximum atomic E-state index is 12.4. The molecule has 23 heavy (non-hydrogen) atoms. The molecule has 3 heterocycles. The van der Waals surface area contributed by atoms with Crippen molar-refractivity contribution >= 4 is 37.4 Å². The van der Waals surface area contributed by atoms with Gasteiger partial charge in [0.15, 0.2) is 0 Å². The number of hydrogen-bond acceptors (Lipinski definition) is 6. The number of sulfonamides is 1. The second-order valence-electron chi connectivity index (χ2n) is 6.13. The van der Waals surface area contributed by atoms with Crippen molar-refractivity contribution in [1.82, 2.24) is 14.7 Å². The van der Waals surface area contributed by atoms with Gasteiger partial charge in [-0.15, -0.1) is 11.3 Å². The second kappa shape index (κ2) is 6.33. The fourth-order valence-electron chi connectivity index (χ4n) is 2.88. The molecule has 1 aliphatic heterocycles. The minimum atomic E-state index is -3.29. The summed E-state index contributed by atoms with van der Waals surface area (Å²) >= 11 is 1.60. The molecule has 1 unspecified atom stereocenters. The van der Waals surface area contributed by atoms with E-state index >= 15 is 0 Å². The van der Waals surface area contributed by atoms with Crippen LogP contribution in [0.15, 0.2) is 11.4 Å². The molecule has 126 valence electrons. The molecule has 1 saturated heterocycles. The van der Waals surface area contributed by atoms with Crippen molar-refractivity contribution in [3.05, 3.63) is 17.3 Å². The van der Waals surface area contributed by atoms with Gasteiger partial charge in [0.05, 0.1) is 10.6 Å². The fraction of sp³-hybridized carbons (Fsp3) is 0.600. The van der Waals surface area contributed by atoms with E-state index in [2.05, 4.69) is 19.6 Å². The van der Waals surface area contributed by atoms with Crippen LogP contribution < -0.4 is 9.62 Å². The minimum absolute atomic E-state index is 0.0802. The van der Waals surface area contributed by atoms with Gasteiger partial charge in [-0.1, -0.05) is 6.92 Å². The van der Waals surface area contributed by atoms with Crippen LogP contribution in [-0.2, 0) is 16.4 Å². The number of anilines is 1. The van der Waals surface area contributed by atoms with Crippen molar-refractivity contribution in [3.63, 3.8) is 0 Å². The molecule has 0 bridgehead atoms. The van der Waals surface area contributed by atoms with Crippen LogP contribution >= 0.6 is 11.3 Å². The first-order chi connectivity index (χ1) is 10.9. The Labute approximate surface area is 141 Å². The molecule has 0 aliphatic carbocycles. The lowest BCUT2D eigenvalue weighted by Gasteiger charge is -2.20. The van der Waals surface area contributed by atoms with Crippen molar-refractivity contribution in [1.29, 1.82) is 0 Å². The van der Waals surface area contributed by atoms with Crippen LogP contribution in [0.2, 0.25) is 0 Å². The summed E-state index contributed by atoms with van der Waals surface area (Å²) in [5, 5.41) is 2.63. The number of rotatable bonds is 5. The molecule has 1 N–H and O–H groups in total. The molecule has 0 radical (unpaired) electrons. The number of fused-ring (bicyclic) bond motifs is 1. The Morgan fingerprint density at radius 1 is 1.43 bits per heavy atom. The lowest BCUT2D eigenvalue weighted by Crippen LogP contribution is -2.39. The molecule has 1 aliphatic rings. The summed E-state index contributed by atoms with van der Waals surface area (Å²) in [5.41, 5.74) is 0. The van der Waals surface area contributed by atoms with E-state index in [9.17, 15) is 8.42 Å². The van der Waals surface area contributed by atoms with Gasteiger partial charge in [-0.25, -0.2) is 23.1 Å². The first-order valence-corrected chi connectivity index (χ1v) is 10.3. The standard InChI is InChI=1S/C15H22N4O2S2/c1-4-13-16-14(12-6-8-22-15(12)17-13)19-7-5-11(9-19)23(20,21)18-10(2)3/h6,8,10-11,18H,4-5,7,9H2,1-3H3. The average Bonchev–Trinajstić information content (AvgIpc) is 3.14. The SMILES string of the molecule is CCc1nc(N2CCC(S(=O)(=O)NC(C)C)C2)c2ccsc2n1. The molecular formula is C15H22N4O2S2. The fourth-order valence-corrected chi connectivity index (χ4v) is 5.30. The van der Waals surface area contributed by atoms with Crippen molar-refractivity contribution in [2.24, 2.45) is 0 Å². The van der Waals surface area contributed by atoms with Crippen LogP contribution in [0.25, 0.3) is 10.2 Å². The van der Waals surface area contributed by atoms with Gasteiger partial charge in [0, 0.05) is 25.6 Å². The number of hydrogen-bond donors (Lipinski definition) is 1. The molecular weight excluding hydrogens is 332 g/mol. The summed E-state index contributed by atoms with van der Waals surface area (Å²) in [6.45, 7) is 6.90. The number of aromatic nitrogens is 2. The summed E-state index contributed by atoms with van der Waals surface area (Å²) < 4.78 is 27.5. The highest BCUT2D eigenvalue weighted by Gasteiger charge is 2.34. The van der Waals surface area contributed by atoms with Crippen LogP contribution in [-0.4, -0.2) is 42.8 Å². The Kier molecular flexibility index (Phi) is 4.57. The zero-order valence-electron chi connectivity index (χ0n) is 13.6. The number of thiophene rings is 1. The highest BCUT2D eigenvalue weighted by atomic mass is 32.2. The molecule has 0 saturated carbocycles. The highest BCUT2D eigenvalue weighted by Crippen LogP contribution is 2.31. The van der Waals surface area contributed by atoms with Gasteiger partial charge < -0.3 is 4.90 Å². The number of aryl methyl sites for hydroxylation is 1. The topological polar surface area (TPSA) is 75.2 Å². The number of nitrogens with one attached hydrogen (secondary N) is 1. The van der Waals surface area contributed by atoms with E-state index in [1.54, 1.807) is 11.3 Å². The predicted octanol–water partition coefficient (Wildman–Crippen LogP) is 2.16. The molecule has 6 nitrogen and oxygen atoms in total. The van der Waals surface area contributed by atoms with Crippen LogP contribution in [0.3, 0.4) is 0 Å². The smallest absolute Gasteiger partial charge is 0.216 e. The lowest BCUT2D eigenvalue weighted by atomic mass is 10.3. The van der Waals surface area contributed by atoms with E-state index < -0.39 is 15.3 Å². The van der Waals surface area contributed by atoms with Crippen LogP contribution in [0.4, 0.5) is 5.82 Å². The Morgan fingerprint density at radius 2 is 2.22 bits per heavy atom. The molecule has 0 amide bonds. The van der Waals surface area contributed by atoms with Gasteiger partial charge in [0.2, 0.25) is 10.0 Å². The summed E-state index contributed by atoms with van der Waals surface area (Å²) in [4.78, 5) is 12.3. The third-order valence-electron chi connectivity index (χ3n) is 3.95. The zero-order valence-corrected chi connectivity index (χ0v) is 15.2. The molecule has 1 atom stereocenters. The van der Waals surface area contributed by atoms with Gasteiger partial charge in [0.1, 0.15) is 16.5 Å². The molecule has 2 aromatic rings. The van der Waals surface area contributed by atoms with Crippen molar-refractivity contribution < 1.29 is 8.42 Å². The maximum Gasteiger partial charge on any atom is 0.216 e. The molecule has 3 rings (SSSR count).